The first-order chi connectivity index (χ1) is 8.04. The van der Waals surface area contributed by atoms with E-state index in [2.05, 4.69) is 18.8 Å². The summed E-state index contributed by atoms with van der Waals surface area (Å²) in [5, 5.41) is 0. The molecule has 0 aliphatic heterocycles. The number of alkyl halides is 3. The first kappa shape index (κ1) is 13.6. The number of hydrogen-bond donors (Lipinski definition) is 0. The minimum Gasteiger partial charge on any atom is -0.166 e. The summed E-state index contributed by atoms with van der Waals surface area (Å²) in [6, 6.07) is 4.96. The molecule has 0 saturated carbocycles. The molecule has 1 rings (SSSR count). The molecule has 0 atom stereocenters. The zero-order valence-electron chi connectivity index (χ0n) is 9.77. The monoisotopic (exact) mass is 240 g/mol. The van der Waals surface area contributed by atoms with Crippen molar-refractivity contribution in [3.05, 3.63) is 35.4 Å². The van der Waals surface area contributed by atoms with E-state index in [4.69, 9.17) is 0 Å². The molecule has 0 radical (unpaired) electrons. The van der Waals surface area contributed by atoms with Gasteiger partial charge in [0.2, 0.25) is 0 Å². The SMILES string of the molecule is CCCCCC#Cc1ccc(C(F)(F)F)cc1. The van der Waals surface area contributed by atoms with E-state index in [0.29, 0.717) is 5.56 Å². The maximum Gasteiger partial charge on any atom is 0.416 e. The Morgan fingerprint density at radius 2 is 1.71 bits per heavy atom. The van der Waals surface area contributed by atoms with E-state index in [1.54, 1.807) is 0 Å². The van der Waals surface area contributed by atoms with Crippen molar-refractivity contribution in [2.24, 2.45) is 0 Å². The van der Waals surface area contributed by atoms with Crippen molar-refractivity contribution in [3.8, 4) is 11.8 Å². The zero-order valence-corrected chi connectivity index (χ0v) is 9.77. The molecule has 1 aromatic carbocycles. The smallest absolute Gasteiger partial charge is 0.166 e. The van der Waals surface area contributed by atoms with E-state index in [0.717, 1.165) is 37.8 Å². The molecule has 0 N–H and O–H groups in total. The molecule has 0 unspecified atom stereocenters. The Bertz CT molecular complexity index is 390. The average Bonchev–Trinajstić information content (AvgIpc) is 2.28. The van der Waals surface area contributed by atoms with Gasteiger partial charge in [-0.15, -0.1) is 0 Å². The summed E-state index contributed by atoms with van der Waals surface area (Å²) in [4.78, 5) is 0. The van der Waals surface area contributed by atoms with Gasteiger partial charge in [-0.2, -0.15) is 13.2 Å². The second-order valence-electron chi connectivity index (χ2n) is 3.83. The van der Waals surface area contributed by atoms with Crippen molar-refractivity contribution < 1.29 is 13.2 Å². The van der Waals surface area contributed by atoms with Gasteiger partial charge in [0.1, 0.15) is 0 Å². The minimum atomic E-state index is -4.27. The van der Waals surface area contributed by atoms with Crippen LogP contribution in [0.15, 0.2) is 24.3 Å². The normalized spacial score (nSPS) is 10.8. The fourth-order valence-corrected chi connectivity index (χ4v) is 1.37. The first-order valence-electron chi connectivity index (χ1n) is 5.70. The van der Waals surface area contributed by atoms with Gasteiger partial charge >= 0.3 is 6.18 Å². The quantitative estimate of drug-likeness (QED) is 0.533. The third-order valence-corrected chi connectivity index (χ3v) is 2.35. The van der Waals surface area contributed by atoms with Gasteiger partial charge in [-0.3, -0.25) is 0 Å². The molecule has 0 amide bonds. The Morgan fingerprint density at radius 3 is 2.24 bits per heavy atom. The third kappa shape index (κ3) is 4.95. The number of halogens is 3. The van der Waals surface area contributed by atoms with Crippen LogP contribution in [0.5, 0.6) is 0 Å². The molecule has 0 nitrogen and oxygen atoms in total. The molecular formula is C14H15F3. The fourth-order valence-electron chi connectivity index (χ4n) is 1.37. The lowest BCUT2D eigenvalue weighted by atomic mass is 10.1. The highest BCUT2D eigenvalue weighted by atomic mass is 19.4. The lowest BCUT2D eigenvalue weighted by Crippen LogP contribution is -2.04. The molecule has 0 aliphatic rings. The summed E-state index contributed by atoms with van der Waals surface area (Å²) < 4.78 is 36.8. The number of hydrogen-bond acceptors (Lipinski definition) is 0. The molecule has 0 saturated heterocycles. The van der Waals surface area contributed by atoms with Gasteiger partial charge in [0.05, 0.1) is 5.56 Å². The lowest BCUT2D eigenvalue weighted by molar-refractivity contribution is -0.137. The van der Waals surface area contributed by atoms with Crippen LogP contribution in [0.1, 0.15) is 43.7 Å². The third-order valence-electron chi connectivity index (χ3n) is 2.35. The summed E-state index contributed by atoms with van der Waals surface area (Å²) in [6.45, 7) is 2.11. The molecule has 17 heavy (non-hydrogen) atoms. The predicted molar refractivity (Wildman–Crippen MR) is 62.5 cm³/mol. The van der Waals surface area contributed by atoms with Crippen molar-refractivity contribution in [1.82, 2.24) is 0 Å². The van der Waals surface area contributed by atoms with E-state index in [1.165, 1.54) is 12.1 Å². The van der Waals surface area contributed by atoms with Gasteiger partial charge in [-0.25, -0.2) is 0 Å². The van der Waals surface area contributed by atoms with Gasteiger partial charge in [0.25, 0.3) is 0 Å². The summed E-state index contributed by atoms with van der Waals surface area (Å²) >= 11 is 0. The van der Waals surface area contributed by atoms with Crippen LogP contribution in [0, 0.1) is 11.8 Å². The summed E-state index contributed by atoms with van der Waals surface area (Å²) in [5.41, 5.74) is 0.00327. The Labute approximate surface area is 99.8 Å². The van der Waals surface area contributed by atoms with Gasteiger partial charge in [-0.1, -0.05) is 31.6 Å². The van der Waals surface area contributed by atoms with Gasteiger partial charge in [-0.05, 0) is 30.7 Å². The Morgan fingerprint density at radius 1 is 1.06 bits per heavy atom. The van der Waals surface area contributed by atoms with Crippen LogP contribution in [-0.4, -0.2) is 0 Å². The Balaban J connectivity index is 2.56. The van der Waals surface area contributed by atoms with Crippen molar-refractivity contribution >= 4 is 0 Å². The van der Waals surface area contributed by atoms with E-state index in [1.807, 2.05) is 0 Å². The van der Waals surface area contributed by atoms with Crippen molar-refractivity contribution in [2.45, 2.75) is 38.8 Å². The van der Waals surface area contributed by atoms with Crippen LogP contribution in [0.3, 0.4) is 0 Å². The molecule has 3 heteroatoms. The maximum atomic E-state index is 12.3. The number of benzene rings is 1. The fraction of sp³-hybridized carbons (Fsp3) is 0.429. The van der Waals surface area contributed by atoms with E-state index < -0.39 is 11.7 Å². The van der Waals surface area contributed by atoms with E-state index >= 15 is 0 Å². The van der Waals surface area contributed by atoms with Crippen LogP contribution >= 0.6 is 0 Å². The zero-order chi connectivity index (χ0) is 12.7. The molecule has 0 fully saturated rings. The van der Waals surface area contributed by atoms with Crippen molar-refractivity contribution in [3.63, 3.8) is 0 Å². The lowest BCUT2D eigenvalue weighted by Gasteiger charge is -2.05. The first-order valence-corrected chi connectivity index (χ1v) is 5.70. The summed E-state index contributed by atoms with van der Waals surface area (Å²) in [7, 11) is 0. The van der Waals surface area contributed by atoms with Crippen LogP contribution in [0.4, 0.5) is 13.2 Å². The second kappa shape index (κ2) is 6.34. The molecule has 0 aromatic heterocycles. The molecule has 0 heterocycles. The Kier molecular flexibility index (Phi) is 5.09. The van der Waals surface area contributed by atoms with E-state index in [9.17, 15) is 13.2 Å². The predicted octanol–water partition coefficient (Wildman–Crippen LogP) is 4.64. The average molecular weight is 240 g/mol. The van der Waals surface area contributed by atoms with Gasteiger partial charge in [0, 0.05) is 12.0 Å². The molecule has 0 spiro atoms. The summed E-state index contributed by atoms with van der Waals surface area (Å²) in [5.74, 6) is 5.83. The molecular weight excluding hydrogens is 225 g/mol. The van der Waals surface area contributed by atoms with Crippen LogP contribution in [-0.2, 0) is 6.18 Å². The standard InChI is InChI=1S/C14H15F3/c1-2-3-4-5-6-7-12-8-10-13(11-9-12)14(15,16)17/h8-11H,2-5H2,1H3. The van der Waals surface area contributed by atoms with Crippen molar-refractivity contribution in [1.29, 1.82) is 0 Å². The summed E-state index contributed by atoms with van der Waals surface area (Å²) in [6.07, 6.45) is -0.143. The second-order valence-corrected chi connectivity index (χ2v) is 3.83. The number of rotatable bonds is 3. The van der Waals surface area contributed by atoms with Crippen molar-refractivity contribution in [2.75, 3.05) is 0 Å². The van der Waals surface area contributed by atoms with Gasteiger partial charge in [0.15, 0.2) is 0 Å². The molecule has 1 aromatic rings. The number of unbranched alkanes of at least 4 members (excludes halogenated alkanes) is 3. The Hall–Kier alpha value is -1.43. The highest BCUT2D eigenvalue weighted by molar-refractivity contribution is 5.36. The van der Waals surface area contributed by atoms with Gasteiger partial charge < -0.3 is 0 Å². The highest BCUT2D eigenvalue weighted by Gasteiger charge is 2.29. The van der Waals surface area contributed by atoms with Crippen LogP contribution in [0.25, 0.3) is 0 Å². The molecule has 0 aliphatic carbocycles. The topological polar surface area (TPSA) is 0 Å². The maximum absolute atomic E-state index is 12.3. The van der Waals surface area contributed by atoms with Crippen LogP contribution in [0.2, 0.25) is 0 Å². The van der Waals surface area contributed by atoms with E-state index in [-0.39, 0.29) is 0 Å². The molecule has 92 valence electrons. The minimum absolute atomic E-state index is 0.631. The van der Waals surface area contributed by atoms with Crippen LogP contribution < -0.4 is 0 Å². The largest absolute Gasteiger partial charge is 0.416 e. The highest BCUT2D eigenvalue weighted by Crippen LogP contribution is 2.28. The molecule has 0 bridgehead atoms.